The Morgan fingerprint density at radius 1 is 1.42 bits per heavy atom. The summed E-state index contributed by atoms with van der Waals surface area (Å²) in [6.07, 6.45) is 0.424. The molecule has 0 saturated carbocycles. The van der Waals surface area contributed by atoms with Crippen LogP contribution in [0.1, 0.15) is 30.2 Å². The number of carbonyl (C=O) groups is 3. The van der Waals surface area contributed by atoms with Crippen LogP contribution < -0.4 is 16.5 Å². The highest BCUT2D eigenvalue weighted by atomic mass is 32.2. The molecule has 14 heteroatoms. The number of hydrazine groups is 1. The third kappa shape index (κ3) is 8.21. The first-order valence-electron chi connectivity index (χ1n) is 9.96. The van der Waals surface area contributed by atoms with E-state index in [1.165, 1.54) is 31.0 Å². The minimum Gasteiger partial charge on any atom is -0.467 e. The molecule has 180 valence electrons. The molecule has 4 N–H and O–H groups in total. The Morgan fingerprint density at radius 3 is 2.76 bits per heavy atom. The fourth-order valence-electron chi connectivity index (χ4n) is 3.10. The van der Waals surface area contributed by atoms with Crippen molar-refractivity contribution in [3.63, 3.8) is 0 Å². The smallest absolute Gasteiger partial charge is 0.328 e. The first-order valence-corrected chi connectivity index (χ1v) is 11.0. The molecular formula is C19H25FN6O6S. The van der Waals surface area contributed by atoms with Crippen LogP contribution >= 0.6 is 11.8 Å². The van der Waals surface area contributed by atoms with Gasteiger partial charge < -0.3 is 20.7 Å². The Bertz CT molecular complexity index is 899. The van der Waals surface area contributed by atoms with Crippen molar-refractivity contribution in [3.8, 4) is 0 Å². The molecule has 1 unspecified atom stereocenters. The van der Waals surface area contributed by atoms with Crippen molar-refractivity contribution in [3.05, 3.63) is 45.8 Å². The summed E-state index contributed by atoms with van der Waals surface area (Å²) in [4.78, 5) is 52.3. The lowest BCUT2D eigenvalue weighted by molar-refractivity contribution is -0.525. The number of hydrogen-bond acceptors (Lipinski definition) is 8. The summed E-state index contributed by atoms with van der Waals surface area (Å²) in [5, 5.41) is 11.7. The SMILES string of the molecule is COC(=O)[C@H](CCCN=C(N)N[N+](=O)[O-])NC(=O)CCN1C(=O)CSC1c1ccc(F)cc1. The van der Waals surface area contributed by atoms with Gasteiger partial charge >= 0.3 is 5.97 Å². The molecule has 12 nitrogen and oxygen atoms in total. The molecule has 33 heavy (non-hydrogen) atoms. The molecule has 0 aliphatic carbocycles. The maximum Gasteiger partial charge on any atom is 0.328 e. The van der Waals surface area contributed by atoms with Gasteiger partial charge in [-0.25, -0.2) is 24.3 Å². The molecule has 1 fully saturated rings. The van der Waals surface area contributed by atoms with Gasteiger partial charge in [0.15, 0.2) is 5.03 Å². The summed E-state index contributed by atoms with van der Waals surface area (Å²) < 4.78 is 17.9. The Morgan fingerprint density at radius 2 is 2.12 bits per heavy atom. The van der Waals surface area contributed by atoms with Crippen molar-refractivity contribution in [1.29, 1.82) is 0 Å². The van der Waals surface area contributed by atoms with E-state index in [-0.39, 0.29) is 54.7 Å². The number of aliphatic imine (C=N–C) groups is 1. The number of ether oxygens (including phenoxy) is 1. The number of thioether (sulfide) groups is 1. The number of nitro groups is 1. The number of guanidine groups is 1. The first kappa shape index (κ1) is 25.8. The molecule has 1 aliphatic rings. The van der Waals surface area contributed by atoms with Gasteiger partial charge in [-0.05, 0) is 30.5 Å². The van der Waals surface area contributed by atoms with Crippen LogP contribution in [0.4, 0.5) is 4.39 Å². The third-order valence-corrected chi connectivity index (χ3v) is 5.92. The summed E-state index contributed by atoms with van der Waals surface area (Å²) in [7, 11) is 1.19. The zero-order valence-electron chi connectivity index (χ0n) is 17.9. The van der Waals surface area contributed by atoms with Crippen LogP contribution in [0.3, 0.4) is 0 Å². The summed E-state index contributed by atoms with van der Waals surface area (Å²) in [6.45, 7) is 0.218. The molecule has 1 heterocycles. The molecular weight excluding hydrogens is 459 g/mol. The van der Waals surface area contributed by atoms with Crippen molar-refractivity contribution < 1.29 is 28.5 Å². The van der Waals surface area contributed by atoms with Gasteiger partial charge in [0.05, 0.1) is 12.9 Å². The lowest BCUT2D eigenvalue weighted by Gasteiger charge is -2.24. The van der Waals surface area contributed by atoms with E-state index in [0.717, 1.165) is 5.56 Å². The highest BCUT2D eigenvalue weighted by Crippen LogP contribution is 2.38. The fraction of sp³-hybridized carbons (Fsp3) is 0.474. The second kappa shape index (κ2) is 12.6. The Balaban J connectivity index is 1.88. The standard InChI is InChI=1S/C19H25FN6O6S/c1-32-18(29)14(3-2-9-22-19(21)24-26(30)31)23-15(27)8-10-25-16(28)11-33-17(25)12-4-6-13(20)7-5-12/h4-7,14,17H,2-3,8-11H2,1H3,(H,23,27)(H3,21,22,24)/t14-,17?/m0/s1. The van der Waals surface area contributed by atoms with Gasteiger partial charge in [-0.1, -0.05) is 17.6 Å². The van der Waals surface area contributed by atoms with Gasteiger partial charge in [0.25, 0.3) is 5.96 Å². The number of rotatable bonds is 11. The molecule has 1 aliphatic heterocycles. The molecule has 2 rings (SSSR count). The van der Waals surface area contributed by atoms with Gasteiger partial charge in [-0.15, -0.1) is 11.8 Å². The van der Waals surface area contributed by atoms with Gasteiger partial charge in [-0.2, -0.15) is 0 Å². The number of esters is 1. The maximum atomic E-state index is 13.2. The van der Waals surface area contributed by atoms with Gasteiger partial charge in [0.1, 0.15) is 17.2 Å². The second-order valence-electron chi connectivity index (χ2n) is 6.97. The van der Waals surface area contributed by atoms with Crippen LogP contribution in [-0.4, -0.2) is 65.7 Å². The van der Waals surface area contributed by atoms with E-state index in [4.69, 9.17) is 10.5 Å². The minimum atomic E-state index is -0.945. The zero-order chi connectivity index (χ0) is 24.4. The highest BCUT2D eigenvalue weighted by Gasteiger charge is 2.33. The number of nitrogens with two attached hydrogens (primary N) is 1. The third-order valence-electron chi connectivity index (χ3n) is 4.66. The van der Waals surface area contributed by atoms with Crippen molar-refractivity contribution in [2.75, 3.05) is 26.0 Å². The number of carbonyl (C=O) groups excluding carboxylic acids is 3. The van der Waals surface area contributed by atoms with Gasteiger partial charge in [0.2, 0.25) is 11.8 Å². The van der Waals surface area contributed by atoms with E-state index in [1.807, 2.05) is 0 Å². The van der Waals surface area contributed by atoms with Gasteiger partial charge in [-0.3, -0.25) is 9.59 Å². The molecule has 1 saturated heterocycles. The van der Waals surface area contributed by atoms with Crippen molar-refractivity contribution in [2.45, 2.75) is 30.7 Å². The molecule has 2 amide bonds. The predicted molar refractivity (Wildman–Crippen MR) is 118 cm³/mol. The van der Waals surface area contributed by atoms with Crippen LogP contribution in [0, 0.1) is 15.9 Å². The molecule has 0 radical (unpaired) electrons. The first-order chi connectivity index (χ1) is 15.7. The number of benzene rings is 1. The number of hydrogen-bond donors (Lipinski definition) is 3. The molecule has 1 aromatic rings. The Hall–Kier alpha value is -3.42. The number of nitrogens with one attached hydrogen (secondary N) is 2. The average Bonchev–Trinajstić information content (AvgIpc) is 3.14. The lowest BCUT2D eigenvalue weighted by atomic mass is 10.1. The van der Waals surface area contributed by atoms with Crippen LogP contribution in [0.2, 0.25) is 0 Å². The molecule has 0 spiro atoms. The zero-order valence-corrected chi connectivity index (χ0v) is 18.7. The maximum absolute atomic E-state index is 13.2. The molecule has 0 bridgehead atoms. The summed E-state index contributed by atoms with van der Waals surface area (Å²) in [5.74, 6) is -1.74. The van der Waals surface area contributed by atoms with E-state index in [0.29, 0.717) is 6.42 Å². The van der Waals surface area contributed by atoms with E-state index in [2.05, 4.69) is 10.3 Å². The van der Waals surface area contributed by atoms with E-state index >= 15 is 0 Å². The summed E-state index contributed by atoms with van der Waals surface area (Å²) in [5.41, 5.74) is 7.77. The van der Waals surface area contributed by atoms with E-state index in [9.17, 15) is 28.9 Å². The topological polar surface area (TPSA) is 169 Å². The minimum absolute atomic E-state index is 0.0463. The Kier molecular flexibility index (Phi) is 9.84. The predicted octanol–water partition coefficient (Wildman–Crippen LogP) is 0.324. The highest BCUT2D eigenvalue weighted by molar-refractivity contribution is 8.00. The normalized spacial score (nSPS) is 16.9. The van der Waals surface area contributed by atoms with E-state index < -0.39 is 23.0 Å². The summed E-state index contributed by atoms with van der Waals surface area (Å²) in [6, 6.07) is 4.88. The Labute approximate surface area is 193 Å². The number of amides is 2. The monoisotopic (exact) mass is 484 g/mol. The largest absolute Gasteiger partial charge is 0.467 e. The van der Waals surface area contributed by atoms with Crippen molar-refractivity contribution in [2.24, 2.45) is 10.7 Å². The van der Waals surface area contributed by atoms with Crippen LogP contribution in [0.25, 0.3) is 0 Å². The molecule has 2 atom stereocenters. The van der Waals surface area contributed by atoms with Crippen LogP contribution in [0.5, 0.6) is 0 Å². The average molecular weight is 485 g/mol. The second-order valence-corrected chi connectivity index (χ2v) is 8.04. The number of halogens is 1. The van der Waals surface area contributed by atoms with Crippen LogP contribution in [0.15, 0.2) is 29.3 Å². The molecule has 1 aromatic carbocycles. The number of nitrogens with zero attached hydrogens (tertiary/aromatic N) is 3. The molecule has 0 aromatic heterocycles. The van der Waals surface area contributed by atoms with Crippen molar-refractivity contribution >= 4 is 35.5 Å². The van der Waals surface area contributed by atoms with Gasteiger partial charge in [0, 0.05) is 19.5 Å². The van der Waals surface area contributed by atoms with Crippen molar-refractivity contribution in [1.82, 2.24) is 15.6 Å². The summed E-state index contributed by atoms with van der Waals surface area (Å²) >= 11 is 1.39. The van der Waals surface area contributed by atoms with E-state index in [1.54, 1.807) is 22.5 Å². The lowest BCUT2D eigenvalue weighted by Crippen LogP contribution is -2.43. The quantitative estimate of drug-likeness (QED) is 0.1000. The van der Waals surface area contributed by atoms with Crippen LogP contribution in [-0.2, 0) is 19.1 Å². The fourth-order valence-corrected chi connectivity index (χ4v) is 4.32. The number of methoxy groups -OCH3 is 1.